The van der Waals surface area contributed by atoms with Crippen molar-refractivity contribution in [3.63, 3.8) is 0 Å². The molecular weight excluding hydrogens is 333 g/mol. The summed E-state index contributed by atoms with van der Waals surface area (Å²) >= 11 is 1.55. The molecule has 0 spiro atoms. The molecule has 0 aromatic carbocycles. The maximum atomic E-state index is 12.6. The number of nitrogens with zero attached hydrogens (tertiary/aromatic N) is 2. The second kappa shape index (κ2) is 5.16. The van der Waals surface area contributed by atoms with Crippen molar-refractivity contribution in [2.24, 2.45) is 0 Å². The maximum Gasteiger partial charge on any atom is 0.356 e. The molecule has 0 fully saturated rings. The van der Waals surface area contributed by atoms with Gasteiger partial charge < -0.3 is 4.74 Å². The number of pyridine rings is 1. The molecule has 0 N–H and O–H groups in total. The van der Waals surface area contributed by atoms with E-state index in [0.717, 1.165) is 13.2 Å². The molecule has 1 aromatic heterocycles. The van der Waals surface area contributed by atoms with Gasteiger partial charge in [-0.05, 0) is 28.7 Å². The van der Waals surface area contributed by atoms with E-state index in [0.29, 0.717) is 0 Å². The van der Waals surface area contributed by atoms with Gasteiger partial charge in [-0.1, -0.05) is 0 Å². The molecule has 0 aliphatic carbocycles. The van der Waals surface area contributed by atoms with Crippen LogP contribution < -0.4 is 0 Å². The number of ether oxygens (including phenoxy) is 1. The van der Waals surface area contributed by atoms with E-state index in [1.165, 1.54) is 0 Å². The Hall–Kier alpha value is -1.30. The minimum atomic E-state index is -2.80. The van der Waals surface area contributed by atoms with Crippen molar-refractivity contribution in [2.75, 3.05) is 7.11 Å². The van der Waals surface area contributed by atoms with E-state index < -0.39 is 18.0 Å². The molecule has 0 bridgehead atoms. The molecule has 1 rings (SSSR count). The van der Waals surface area contributed by atoms with Crippen molar-refractivity contribution >= 4 is 28.6 Å². The van der Waals surface area contributed by atoms with Gasteiger partial charge in [0.25, 0.3) is 6.43 Å². The van der Waals surface area contributed by atoms with Crippen LogP contribution in [0.2, 0.25) is 0 Å². The molecule has 0 amide bonds. The minimum absolute atomic E-state index is 0.0768. The van der Waals surface area contributed by atoms with E-state index in [9.17, 15) is 13.6 Å². The molecule has 16 heavy (non-hydrogen) atoms. The summed E-state index contributed by atoms with van der Waals surface area (Å²) < 4.78 is 29.5. The summed E-state index contributed by atoms with van der Waals surface area (Å²) in [6, 6.07) is 2.60. The van der Waals surface area contributed by atoms with Gasteiger partial charge in [-0.15, -0.1) is 0 Å². The molecule has 7 heteroatoms. The van der Waals surface area contributed by atoms with E-state index in [1.807, 2.05) is 0 Å². The minimum Gasteiger partial charge on any atom is -0.464 e. The van der Waals surface area contributed by atoms with Crippen LogP contribution in [0.5, 0.6) is 0 Å². The summed E-state index contributed by atoms with van der Waals surface area (Å²) in [4.78, 5) is 14.8. The molecule has 0 aliphatic heterocycles. The van der Waals surface area contributed by atoms with Crippen molar-refractivity contribution in [1.82, 2.24) is 4.98 Å². The summed E-state index contributed by atoms with van der Waals surface area (Å²) in [6.07, 6.45) is -2.80. The first-order valence-electron chi connectivity index (χ1n) is 3.98. The molecule has 0 saturated carbocycles. The summed E-state index contributed by atoms with van der Waals surface area (Å²) in [5.41, 5.74) is -0.890. The highest BCUT2D eigenvalue weighted by Crippen LogP contribution is 2.27. The first-order valence-corrected chi connectivity index (χ1v) is 5.06. The zero-order valence-electron chi connectivity index (χ0n) is 8.00. The second-order valence-corrected chi connectivity index (χ2v) is 3.69. The van der Waals surface area contributed by atoms with Crippen molar-refractivity contribution in [3.8, 4) is 6.07 Å². The quantitative estimate of drug-likeness (QED) is 0.472. The lowest BCUT2D eigenvalue weighted by Gasteiger charge is -2.06. The Labute approximate surface area is 103 Å². The van der Waals surface area contributed by atoms with Gasteiger partial charge in [0.1, 0.15) is 3.70 Å². The number of rotatable bonds is 2. The standard InChI is InChI=1S/C9H5F2IN2O2/c1-16-9(15)5-2-4(3-13)6(7(10)11)8(12)14-5/h2,7H,1H3. The fraction of sp³-hybridized carbons (Fsp3) is 0.222. The Morgan fingerprint density at radius 2 is 2.31 bits per heavy atom. The number of alkyl halides is 2. The number of aromatic nitrogens is 1. The van der Waals surface area contributed by atoms with E-state index in [1.54, 1.807) is 28.7 Å². The van der Waals surface area contributed by atoms with Crippen LogP contribution in [0.25, 0.3) is 0 Å². The molecule has 1 aromatic rings. The largest absolute Gasteiger partial charge is 0.464 e. The Morgan fingerprint density at radius 3 is 2.75 bits per heavy atom. The van der Waals surface area contributed by atoms with Crippen LogP contribution in [0, 0.1) is 15.0 Å². The van der Waals surface area contributed by atoms with Crippen molar-refractivity contribution < 1.29 is 18.3 Å². The van der Waals surface area contributed by atoms with Gasteiger partial charge >= 0.3 is 5.97 Å². The van der Waals surface area contributed by atoms with Gasteiger partial charge in [0.2, 0.25) is 0 Å². The second-order valence-electron chi connectivity index (χ2n) is 2.66. The third-order valence-electron chi connectivity index (χ3n) is 1.75. The number of carbonyl (C=O) groups excluding carboxylic acids is 1. The van der Waals surface area contributed by atoms with Crippen LogP contribution >= 0.6 is 22.6 Å². The fourth-order valence-electron chi connectivity index (χ4n) is 1.03. The van der Waals surface area contributed by atoms with Gasteiger partial charge in [0.15, 0.2) is 5.69 Å². The van der Waals surface area contributed by atoms with Crippen LogP contribution in [0.4, 0.5) is 8.78 Å². The molecular formula is C9H5F2IN2O2. The zero-order chi connectivity index (χ0) is 12.3. The van der Waals surface area contributed by atoms with Crippen LogP contribution in [-0.2, 0) is 4.74 Å². The van der Waals surface area contributed by atoms with Crippen LogP contribution in [0.3, 0.4) is 0 Å². The molecule has 0 unspecified atom stereocenters. The maximum absolute atomic E-state index is 12.6. The lowest BCUT2D eigenvalue weighted by Crippen LogP contribution is -2.09. The highest BCUT2D eigenvalue weighted by atomic mass is 127. The number of methoxy groups -OCH3 is 1. The smallest absolute Gasteiger partial charge is 0.356 e. The van der Waals surface area contributed by atoms with E-state index in [-0.39, 0.29) is 15.0 Å². The van der Waals surface area contributed by atoms with Gasteiger partial charge in [0.05, 0.1) is 24.3 Å². The molecule has 0 radical (unpaired) electrons. The van der Waals surface area contributed by atoms with E-state index in [2.05, 4.69) is 9.72 Å². The molecule has 0 aliphatic rings. The average molecular weight is 338 g/mol. The lowest BCUT2D eigenvalue weighted by atomic mass is 10.1. The SMILES string of the molecule is COC(=O)c1cc(C#N)c(C(F)F)c(I)n1. The summed E-state index contributed by atoms with van der Waals surface area (Å²) in [5, 5.41) is 8.70. The summed E-state index contributed by atoms with van der Waals surface area (Å²) in [7, 11) is 1.14. The van der Waals surface area contributed by atoms with Crippen LogP contribution in [0.15, 0.2) is 6.07 Å². The molecule has 0 atom stereocenters. The summed E-state index contributed by atoms with van der Waals surface area (Å²) in [6.45, 7) is 0. The highest BCUT2D eigenvalue weighted by Gasteiger charge is 2.21. The molecule has 0 saturated heterocycles. The Balaban J connectivity index is 3.39. The number of carbonyl (C=O) groups is 1. The zero-order valence-corrected chi connectivity index (χ0v) is 10.2. The van der Waals surface area contributed by atoms with Gasteiger partial charge in [-0.25, -0.2) is 18.6 Å². The Bertz CT molecular complexity index is 471. The third kappa shape index (κ3) is 2.44. The van der Waals surface area contributed by atoms with Gasteiger partial charge in [-0.2, -0.15) is 5.26 Å². The molecule has 1 heterocycles. The van der Waals surface area contributed by atoms with Gasteiger partial charge in [-0.3, -0.25) is 0 Å². The summed E-state index contributed by atoms with van der Waals surface area (Å²) in [5.74, 6) is -0.768. The van der Waals surface area contributed by atoms with Crippen LogP contribution in [0.1, 0.15) is 28.0 Å². The number of hydrogen-bond donors (Lipinski definition) is 0. The number of hydrogen-bond acceptors (Lipinski definition) is 4. The topological polar surface area (TPSA) is 63.0 Å². The van der Waals surface area contributed by atoms with Crippen molar-refractivity contribution in [3.05, 3.63) is 26.6 Å². The fourth-order valence-corrected chi connectivity index (χ4v) is 1.82. The number of nitriles is 1. The average Bonchev–Trinajstić information content (AvgIpc) is 2.26. The Kier molecular flexibility index (Phi) is 4.12. The normalized spacial score (nSPS) is 10.0. The predicted molar refractivity (Wildman–Crippen MR) is 58.0 cm³/mol. The first kappa shape index (κ1) is 12.8. The molecule has 4 nitrogen and oxygen atoms in total. The monoisotopic (exact) mass is 338 g/mol. The predicted octanol–water partition coefficient (Wildman–Crippen LogP) is 2.28. The van der Waals surface area contributed by atoms with E-state index in [4.69, 9.17) is 5.26 Å². The lowest BCUT2D eigenvalue weighted by molar-refractivity contribution is 0.0593. The van der Waals surface area contributed by atoms with Crippen molar-refractivity contribution in [1.29, 1.82) is 5.26 Å². The first-order chi connectivity index (χ1) is 7.51. The van der Waals surface area contributed by atoms with Gasteiger partial charge in [0, 0.05) is 0 Å². The Morgan fingerprint density at radius 1 is 1.69 bits per heavy atom. The highest BCUT2D eigenvalue weighted by molar-refractivity contribution is 14.1. The van der Waals surface area contributed by atoms with Crippen LogP contribution in [-0.4, -0.2) is 18.1 Å². The van der Waals surface area contributed by atoms with E-state index >= 15 is 0 Å². The number of halogens is 3. The van der Waals surface area contributed by atoms with Crippen molar-refractivity contribution in [2.45, 2.75) is 6.43 Å². The molecule has 84 valence electrons. The number of esters is 1. The third-order valence-corrected chi connectivity index (χ3v) is 2.57.